The van der Waals surface area contributed by atoms with Crippen LogP contribution in [-0.4, -0.2) is 54.7 Å². The Morgan fingerprint density at radius 1 is 1.37 bits per heavy atom. The van der Waals surface area contributed by atoms with Crippen molar-refractivity contribution in [2.45, 2.75) is 38.7 Å². The van der Waals surface area contributed by atoms with Crippen molar-refractivity contribution in [2.75, 3.05) is 32.8 Å². The number of benzene rings is 1. The fourth-order valence-corrected chi connectivity index (χ4v) is 4.50. The van der Waals surface area contributed by atoms with Gasteiger partial charge in [-0.3, -0.25) is 14.5 Å². The standard InChI is InChI=1S/C21H30N2O4/c1-16(17-7-3-2-4-8-17)27-12-6-11-22-19(24)14-23-13-18-9-5-10-21(18,15-23)20(25)26/h2-4,7-8,16,18H,5-6,9-15H2,1H3,(H,22,24)(H,25,26)/t16?,18-,21+/m0/s1. The predicted octanol–water partition coefficient (Wildman–Crippen LogP) is 2.46. The second kappa shape index (κ2) is 8.85. The number of carbonyl (C=O) groups is 2. The number of carboxylic acids is 1. The molecule has 2 aliphatic rings. The Hall–Kier alpha value is -1.92. The fourth-order valence-electron chi connectivity index (χ4n) is 4.50. The fraction of sp³-hybridized carbons (Fsp3) is 0.619. The van der Waals surface area contributed by atoms with Crippen LogP contribution in [0.15, 0.2) is 30.3 Å². The molecule has 1 amide bonds. The minimum absolute atomic E-state index is 0.0355. The Morgan fingerprint density at radius 2 is 2.15 bits per heavy atom. The molecule has 1 aromatic carbocycles. The van der Waals surface area contributed by atoms with Crippen LogP contribution < -0.4 is 5.32 Å². The van der Waals surface area contributed by atoms with Gasteiger partial charge in [0.05, 0.1) is 18.1 Å². The molecule has 27 heavy (non-hydrogen) atoms. The number of fused-ring (bicyclic) bond motifs is 1. The molecule has 1 saturated carbocycles. The number of ether oxygens (including phenoxy) is 1. The normalized spacial score (nSPS) is 25.9. The zero-order valence-electron chi connectivity index (χ0n) is 16.0. The van der Waals surface area contributed by atoms with Crippen molar-refractivity contribution in [2.24, 2.45) is 11.3 Å². The minimum Gasteiger partial charge on any atom is -0.481 e. The molecule has 1 heterocycles. The van der Waals surface area contributed by atoms with Crippen molar-refractivity contribution in [1.29, 1.82) is 0 Å². The smallest absolute Gasteiger partial charge is 0.311 e. The number of hydrogen-bond donors (Lipinski definition) is 2. The van der Waals surface area contributed by atoms with Crippen molar-refractivity contribution in [3.8, 4) is 0 Å². The monoisotopic (exact) mass is 374 g/mol. The highest BCUT2D eigenvalue weighted by molar-refractivity contribution is 5.79. The Labute approximate surface area is 160 Å². The summed E-state index contributed by atoms with van der Waals surface area (Å²) in [7, 11) is 0. The summed E-state index contributed by atoms with van der Waals surface area (Å²) in [6.07, 6.45) is 3.48. The summed E-state index contributed by atoms with van der Waals surface area (Å²) in [5.41, 5.74) is 0.523. The van der Waals surface area contributed by atoms with E-state index in [1.54, 1.807) is 0 Å². The van der Waals surface area contributed by atoms with Gasteiger partial charge in [-0.05, 0) is 37.7 Å². The second-order valence-corrected chi connectivity index (χ2v) is 7.85. The van der Waals surface area contributed by atoms with E-state index in [-0.39, 0.29) is 24.5 Å². The molecule has 1 saturated heterocycles. The lowest BCUT2D eigenvalue weighted by atomic mass is 9.81. The molecular weight excluding hydrogens is 344 g/mol. The average molecular weight is 374 g/mol. The van der Waals surface area contributed by atoms with E-state index < -0.39 is 11.4 Å². The Balaban J connectivity index is 1.32. The number of nitrogens with one attached hydrogen (secondary N) is 1. The topological polar surface area (TPSA) is 78.9 Å². The lowest BCUT2D eigenvalue weighted by Crippen LogP contribution is -2.39. The molecule has 3 atom stereocenters. The maximum Gasteiger partial charge on any atom is 0.311 e. The molecule has 3 rings (SSSR count). The molecule has 1 aromatic rings. The SMILES string of the molecule is CC(OCCCNC(=O)CN1C[C@@H]2CCC[C@@]2(C(=O)O)C1)c1ccccc1. The summed E-state index contributed by atoms with van der Waals surface area (Å²) < 4.78 is 5.81. The van der Waals surface area contributed by atoms with Gasteiger partial charge in [0.15, 0.2) is 0 Å². The van der Waals surface area contributed by atoms with Gasteiger partial charge in [0.25, 0.3) is 0 Å². The van der Waals surface area contributed by atoms with Gasteiger partial charge >= 0.3 is 5.97 Å². The van der Waals surface area contributed by atoms with Crippen molar-refractivity contribution in [3.63, 3.8) is 0 Å². The minimum atomic E-state index is -0.697. The van der Waals surface area contributed by atoms with Crippen LogP contribution in [0.25, 0.3) is 0 Å². The van der Waals surface area contributed by atoms with Crippen LogP contribution in [0.3, 0.4) is 0 Å². The number of hydrogen-bond acceptors (Lipinski definition) is 4. The number of nitrogens with zero attached hydrogens (tertiary/aromatic N) is 1. The average Bonchev–Trinajstić information content (AvgIpc) is 3.20. The Kier molecular flexibility index (Phi) is 6.50. The van der Waals surface area contributed by atoms with Crippen LogP contribution in [0.1, 0.15) is 44.3 Å². The van der Waals surface area contributed by atoms with Gasteiger partial charge in [-0.15, -0.1) is 0 Å². The van der Waals surface area contributed by atoms with Crippen LogP contribution in [0.5, 0.6) is 0 Å². The van der Waals surface area contributed by atoms with Gasteiger partial charge in [-0.2, -0.15) is 0 Å². The van der Waals surface area contributed by atoms with Crippen LogP contribution in [0.2, 0.25) is 0 Å². The van der Waals surface area contributed by atoms with Gasteiger partial charge in [-0.25, -0.2) is 0 Å². The predicted molar refractivity (Wildman–Crippen MR) is 102 cm³/mol. The summed E-state index contributed by atoms with van der Waals surface area (Å²) in [4.78, 5) is 25.9. The molecule has 0 bridgehead atoms. The molecule has 2 N–H and O–H groups in total. The lowest BCUT2D eigenvalue weighted by Gasteiger charge is -2.23. The van der Waals surface area contributed by atoms with E-state index >= 15 is 0 Å². The van der Waals surface area contributed by atoms with Crippen molar-refractivity contribution < 1.29 is 19.4 Å². The van der Waals surface area contributed by atoms with E-state index in [1.807, 2.05) is 42.2 Å². The number of amides is 1. The Bertz CT molecular complexity index is 651. The van der Waals surface area contributed by atoms with Crippen molar-refractivity contribution >= 4 is 11.9 Å². The molecule has 0 radical (unpaired) electrons. The summed E-state index contributed by atoms with van der Waals surface area (Å²) in [6.45, 7) is 4.69. The second-order valence-electron chi connectivity index (χ2n) is 7.85. The van der Waals surface area contributed by atoms with E-state index in [2.05, 4.69) is 5.32 Å². The number of likely N-dealkylation sites (tertiary alicyclic amines) is 1. The van der Waals surface area contributed by atoms with Crippen LogP contribution in [0, 0.1) is 11.3 Å². The van der Waals surface area contributed by atoms with Gasteiger partial charge in [0.2, 0.25) is 5.91 Å². The zero-order valence-corrected chi connectivity index (χ0v) is 16.0. The molecule has 0 spiro atoms. The third-order valence-electron chi connectivity index (χ3n) is 6.01. The molecule has 1 unspecified atom stereocenters. The first-order chi connectivity index (χ1) is 13.0. The highest BCUT2D eigenvalue weighted by atomic mass is 16.5. The van der Waals surface area contributed by atoms with Gasteiger partial charge in [-0.1, -0.05) is 36.8 Å². The number of rotatable bonds is 9. The molecule has 1 aliphatic carbocycles. The van der Waals surface area contributed by atoms with Gasteiger partial charge in [0.1, 0.15) is 0 Å². The first-order valence-corrected chi connectivity index (χ1v) is 9.90. The van der Waals surface area contributed by atoms with Crippen LogP contribution in [0.4, 0.5) is 0 Å². The highest BCUT2D eigenvalue weighted by Crippen LogP contribution is 2.48. The molecule has 6 nitrogen and oxygen atoms in total. The maximum absolute atomic E-state index is 12.2. The first kappa shape index (κ1) is 19.8. The molecular formula is C21H30N2O4. The summed E-state index contributed by atoms with van der Waals surface area (Å²) >= 11 is 0. The van der Waals surface area contributed by atoms with E-state index in [0.29, 0.717) is 19.7 Å². The highest BCUT2D eigenvalue weighted by Gasteiger charge is 2.54. The third-order valence-corrected chi connectivity index (χ3v) is 6.01. The molecule has 0 aromatic heterocycles. The molecule has 6 heteroatoms. The number of aliphatic carboxylic acids is 1. The van der Waals surface area contributed by atoms with Crippen molar-refractivity contribution in [1.82, 2.24) is 10.2 Å². The number of carboxylic acid groups (broad SMARTS) is 1. The van der Waals surface area contributed by atoms with Crippen molar-refractivity contribution in [3.05, 3.63) is 35.9 Å². The molecule has 1 aliphatic heterocycles. The zero-order chi connectivity index (χ0) is 19.3. The molecule has 2 fully saturated rings. The van der Waals surface area contributed by atoms with E-state index in [9.17, 15) is 14.7 Å². The van der Waals surface area contributed by atoms with Crippen LogP contribution >= 0.6 is 0 Å². The van der Waals surface area contributed by atoms with E-state index in [1.165, 1.54) is 0 Å². The van der Waals surface area contributed by atoms with Crippen LogP contribution in [-0.2, 0) is 14.3 Å². The Morgan fingerprint density at radius 3 is 2.85 bits per heavy atom. The van der Waals surface area contributed by atoms with E-state index in [4.69, 9.17) is 4.74 Å². The summed E-state index contributed by atoms with van der Waals surface area (Å²) in [5.74, 6) is -0.542. The van der Waals surface area contributed by atoms with E-state index in [0.717, 1.165) is 37.8 Å². The summed E-state index contributed by atoms with van der Waals surface area (Å²) in [5, 5.41) is 12.5. The molecule has 148 valence electrons. The quantitative estimate of drug-likeness (QED) is 0.649. The maximum atomic E-state index is 12.2. The largest absolute Gasteiger partial charge is 0.481 e. The third kappa shape index (κ3) is 4.68. The number of carbonyl (C=O) groups excluding carboxylic acids is 1. The lowest BCUT2D eigenvalue weighted by molar-refractivity contribution is -0.149. The van der Waals surface area contributed by atoms with Gasteiger partial charge in [0, 0.05) is 26.2 Å². The van der Waals surface area contributed by atoms with Gasteiger partial charge < -0.3 is 15.2 Å². The summed E-state index contributed by atoms with van der Waals surface area (Å²) in [6, 6.07) is 10.1. The first-order valence-electron chi connectivity index (χ1n) is 9.90.